The molecule has 0 spiro atoms. The molecule has 1 rings (SSSR count). The van der Waals surface area contributed by atoms with Gasteiger partial charge in [0.25, 0.3) is 0 Å². The zero-order chi connectivity index (χ0) is 15.2. The van der Waals surface area contributed by atoms with Crippen LogP contribution in [-0.4, -0.2) is 39.3 Å². The highest BCUT2D eigenvalue weighted by molar-refractivity contribution is 7.91. The highest BCUT2D eigenvalue weighted by Gasteiger charge is 2.14. The number of amides is 1. The fraction of sp³-hybridized carbons (Fsp3) is 0.200. The highest BCUT2D eigenvalue weighted by Crippen LogP contribution is 2.18. The van der Waals surface area contributed by atoms with Crippen molar-refractivity contribution in [1.82, 2.24) is 4.72 Å². The van der Waals surface area contributed by atoms with E-state index in [1.165, 1.54) is 24.3 Å². The van der Waals surface area contributed by atoms with Crippen LogP contribution >= 0.6 is 0 Å². The van der Waals surface area contributed by atoms with E-state index in [9.17, 15) is 18.0 Å². The van der Waals surface area contributed by atoms with E-state index in [4.69, 9.17) is 9.84 Å². The molecule has 1 amide bonds. The summed E-state index contributed by atoms with van der Waals surface area (Å²) < 4.78 is 35.6. The number of rotatable bonds is 6. The second-order valence-electron chi connectivity index (χ2n) is 3.41. The molecule has 0 heterocycles. The number of ether oxygens (including phenoxy) is 2. The van der Waals surface area contributed by atoms with E-state index in [1.807, 2.05) is 4.72 Å². The summed E-state index contributed by atoms with van der Waals surface area (Å²) in [6.07, 6.45) is -1.14. The summed E-state index contributed by atoms with van der Waals surface area (Å²) >= 11 is 0. The smallest absolute Gasteiger partial charge is 0.422 e. The zero-order valence-corrected chi connectivity index (χ0v) is 11.1. The Morgan fingerprint density at radius 2 is 2.05 bits per heavy atom. The van der Waals surface area contributed by atoms with Gasteiger partial charge in [-0.2, -0.15) is 8.42 Å². The lowest BCUT2D eigenvalue weighted by molar-refractivity contribution is -0.139. The minimum atomic E-state index is -4.14. The van der Waals surface area contributed by atoms with Gasteiger partial charge >= 0.3 is 22.3 Å². The lowest BCUT2D eigenvalue weighted by Crippen LogP contribution is -2.35. The molecule has 0 saturated carbocycles. The van der Waals surface area contributed by atoms with Crippen LogP contribution in [0.25, 0.3) is 0 Å². The van der Waals surface area contributed by atoms with Gasteiger partial charge in [-0.05, 0) is 12.1 Å². The first-order valence-corrected chi connectivity index (χ1v) is 6.64. The fourth-order valence-corrected chi connectivity index (χ4v) is 1.92. The zero-order valence-electron chi connectivity index (χ0n) is 10.3. The van der Waals surface area contributed by atoms with Crippen LogP contribution in [0.5, 0.6) is 5.75 Å². The van der Waals surface area contributed by atoms with E-state index in [-0.39, 0.29) is 11.4 Å². The summed E-state index contributed by atoms with van der Waals surface area (Å²) in [4.78, 5) is 21.2. The molecule has 110 valence electrons. The van der Waals surface area contributed by atoms with Crippen molar-refractivity contribution in [1.29, 1.82) is 0 Å². The van der Waals surface area contributed by atoms with Crippen molar-refractivity contribution in [2.45, 2.75) is 0 Å². The van der Waals surface area contributed by atoms with E-state index in [1.54, 1.807) is 4.72 Å². The van der Waals surface area contributed by atoms with Crippen molar-refractivity contribution in [2.24, 2.45) is 0 Å². The van der Waals surface area contributed by atoms with Crippen LogP contribution in [0.3, 0.4) is 0 Å². The maximum absolute atomic E-state index is 11.5. The molecule has 0 aliphatic heterocycles. The first-order chi connectivity index (χ1) is 9.32. The molecule has 0 unspecified atom stereocenters. The normalized spacial score (nSPS) is 10.4. The molecule has 0 aliphatic carbocycles. The van der Waals surface area contributed by atoms with Gasteiger partial charge in [0.15, 0.2) is 6.61 Å². The van der Waals surface area contributed by atoms with Crippen molar-refractivity contribution in [3.05, 3.63) is 24.3 Å². The topological polar surface area (TPSA) is 131 Å². The summed E-state index contributed by atoms with van der Waals surface area (Å²) in [5, 5.41) is 8.46. The third-order valence-electron chi connectivity index (χ3n) is 1.85. The number of carbonyl (C=O) groups is 2. The molecule has 0 aliphatic rings. The molecular weight excluding hydrogens is 292 g/mol. The number of benzene rings is 1. The number of aliphatic carboxylic acids is 1. The number of hydrogen-bond acceptors (Lipinski definition) is 6. The summed E-state index contributed by atoms with van der Waals surface area (Å²) in [7, 11) is -3.12. The maximum Gasteiger partial charge on any atom is 0.422 e. The lowest BCUT2D eigenvalue weighted by Gasteiger charge is -2.09. The van der Waals surface area contributed by atoms with Gasteiger partial charge in [0, 0.05) is 6.07 Å². The summed E-state index contributed by atoms with van der Waals surface area (Å²) in [6, 6.07) is 5.56. The standard InChI is InChI=1S/C10H12N2O7S/c1-18-10(15)12-20(16,17)11-7-3-2-4-8(5-7)19-6-9(13)14/h2-5,11H,6H2,1H3,(H,12,15)(H,13,14). The molecule has 20 heavy (non-hydrogen) atoms. The van der Waals surface area contributed by atoms with Gasteiger partial charge in [-0.15, -0.1) is 0 Å². The van der Waals surface area contributed by atoms with Crippen molar-refractivity contribution >= 4 is 28.0 Å². The molecule has 0 aromatic heterocycles. The molecule has 3 N–H and O–H groups in total. The van der Waals surface area contributed by atoms with Crippen LogP contribution in [0.15, 0.2) is 24.3 Å². The van der Waals surface area contributed by atoms with Crippen LogP contribution < -0.4 is 14.2 Å². The minimum Gasteiger partial charge on any atom is -0.482 e. The second-order valence-corrected chi connectivity index (χ2v) is 4.82. The van der Waals surface area contributed by atoms with Gasteiger partial charge in [0.1, 0.15) is 5.75 Å². The number of hydrogen-bond donors (Lipinski definition) is 3. The molecule has 0 radical (unpaired) electrons. The van der Waals surface area contributed by atoms with E-state index in [0.29, 0.717) is 0 Å². The Hall–Kier alpha value is -2.49. The van der Waals surface area contributed by atoms with Crippen molar-refractivity contribution < 1.29 is 32.6 Å². The molecule has 0 atom stereocenters. The van der Waals surface area contributed by atoms with Crippen molar-refractivity contribution in [3.63, 3.8) is 0 Å². The van der Waals surface area contributed by atoms with Gasteiger partial charge in [-0.25, -0.2) is 14.3 Å². The Labute approximate surface area is 114 Å². The molecule has 0 fully saturated rings. The fourth-order valence-electron chi connectivity index (χ4n) is 1.13. The monoisotopic (exact) mass is 304 g/mol. The minimum absolute atomic E-state index is 0.0873. The average Bonchev–Trinajstić information content (AvgIpc) is 2.35. The number of carboxylic acids is 1. The van der Waals surface area contributed by atoms with E-state index in [2.05, 4.69) is 4.74 Å². The molecule has 0 bridgehead atoms. The van der Waals surface area contributed by atoms with Crippen LogP contribution in [0.1, 0.15) is 0 Å². The Balaban J connectivity index is 2.75. The molecule has 0 saturated heterocycles. The molecular formula is C10H12N2O7S. The molecule has 10 heteroatoms. The molecule has 1 aromatic rings. The lowest BCUT2D eigenvalue weighted by atomic mass is 10.3. The summed E-state index contributed by atoms with van der Waals surface area (Å²) in [5.41, 5.74) is 0.0873. The third-order valence-corrected chi connectivity index (χ3v) is 2.79. The third kappa shape index (κ3) is 5.44. The van der Waals surface area contributed by atoms with Crippen LogP contribution in [0.2, 0.25) is 0 Å². The number of methoxy groups -OCH3 is 1. The second kappa shape index (κ2) is 6.61. The number of carboxylic acid groups (broad SMARTS) is 1. The Kier molecular flexibility index (Phi) is 5.15. The van der Waals surface area contributed by atoms with Crippen LogP contribution in [0.4, 0.5) is 10.5 Å². The maximum atomic E-state index is 11.5. The van der Waals surface area contributed by atoms with Gasteiger partial charge in [0.05, 0.1) is 12.8 Å². The SMILES string of the molecule is COC(=O)NS(=O)(=O)Nc1cccc(OCC(=O)O)c1. The van der Waals surface area contributed by atoms with Crippen molar-refractivity contribution in [2.75, 3.05) is 18.4 Å². The Morgan fingerprint density at radius 3 is 2.65 bits per heavy atom. The first-order valence-electron chi connectivity index (χ1n) is 5.15. The molecule has 1 aromatic carbocycles. The largest absolute Gasteiger partial charge is 0.482 e. The Bertz CT molecular complexity index is 599. The quantitative estimate of drug-likeness (QED) is 0.682. The molecule has 9 nitrogen and oxygen atoms in total. The predicted octanol–water partition coefficient (Wildman–Crippen LogP) is 0.163. The predicted molar refractivity (Wildman–Crippen MR) is 67.7 cm³/mol. The van der Waals surface area contributed by atoms with E-state index < -0.39 is 28.9 Å². The van der Waals surface area contributed by atoms with E-state index >= 15 is 0 Å². The van der Waals surface area contributed by atoms with Gasteiger partial charge in [-0.1, -0.05) is 6.07 Å². The summed E-state index contributed by atoms with van der Waals surface area (Å²) in [6.45, 7) is -0.559. The van der Waals surface area contributed by atoms with Crippen LogP contribution in [0, 0.1) is 0 Å². The van der Waals surface area contributed by atoms with Gasteiger partial charge in [-0.3, -0.25) is 4.72 Å². The van der Waals surface area contributed by atoms with Crippen molar-refractivity contribution in [3.8, 4) is 5.75 Å². The number of anilines is 1. The van der Waals surface area contributed by atoms with Gasteiger partial charge < -0.3 is 14.6 Å². The Morgan fingerprint density at radius 1 is 1.35 bits per heavy atom. The summed E-state index contributed by atoms with van der Waals surface area (Å²) in [5.74, 6) is -1.01. The number of carbonyl (C=O) groups excluding carboxylic acids is 1. The van der Waals surface area contributed by atoms with E-state index in [0.717, 1.165) is 7.11 Å². The first kappa shape index (κ1) is 15.6. The van der Waals surface area contributed by atoms with Gasteiger partial charge in [0.2, 0.25) is 0 Å². The van der Waals surface area contributed by atoms with Crippen LogP contribution in [-0.2, 0) is 19.7 Å². The average molecular weight is 304 g/mol. The highest BCUT2D eigenvalue weighted by atomic mass is 32.2. The number of nitrogens with one attached hydrogen (secondary N) is 2.